The average molecular weight is 268 g/mol. The highest BCUT2D eigenvalue weighted by molar-refractivity contribution is 5.90. The Balaban J connectivity index is 0.000000861. The highest BCUT2D eigenvalue weighted by atomic mass is 16.2. The largest absolute Gasteiger partial charge is 0.369 e. The van der Waals surface area contributed by atoms with Crippen molar-refractivity contribution in [3.05, 3.63) is 0 Å². The summed E-state index contributed by atoms with van der Waals surface area (Å²) in [5.41, 5.74) is 5.00. The predicted octanol–water partition coefficient (Wildman–Crippen LogP) is 2.22. The van der Waals surface area contributed by atoms with E-state index in [0.29, 0.717) is 5.92 Å². The molecule has 0 aromatic rings. The highest BCUT2D eigenvalue weighted by Crippen LogP contribution is 2.50. The van der Waals surface area contributed by atoms with Gasteiger partial charge in [0.2, 0.25) is 11.8 Å². The van der Waals surface area contributed by atoms with Crippen LogP contribution in [0.15, 0.2) is 0 Å². The normalized spacial score (nSPS) is 22.1. The number of amides is 2. The van der Waals surface area contributed by atoms with Gasteiger partial charge in [-0.1, -0.05) is 39.5 Å². The standard InChI is InChI=1S/C13H22N2O2.C2H6/c1-15-11(16)10(8-9-4-2-5-9)13(12(14)17)6-3-7-13;1-2/h9-10H,2-8H2,1H3,(H2,14,17)(H,15,16);1-2H3/t10-;/m0./s1. The van der Waals surface area contributed by atoms with Crippen molar-refractivity contribution in [2.24, 2.45) is 23.0 Å². The average Bonchev–Trinajstić information content (AvgIpc) is 2.30. The number of hydrogen-bond donors (Lipinski definition) is 2. The van der Waals surface area contributed by atoms with Crippen LogP contribution in [0.5, 0.6) is 0 Å². The molecule has 2 aliphatic carbocycles. The van der Waals surface area contributed by atoms with Crippen LogP contribution in [0.1, 0.15) is 58.8 Å². The Bertz CT molecular complexity index is 320. The number of nitrogens with two attached hydrogens (primary N) is 1. The van der Waals surface area contributed by atoms with Crippen LogP contribution in [0, 0.1) is 17.3 Å². The van der Waals surface area contributed by atoms with Crippen LogP contribution in [-0.2, 0) is 9.59 Å². The van der Waals surface area contributed by atoms with E-state index in [2.05, 4.69) is 5.32 Å². The third kappa shape index (κ3) is 3.10. The maximum atomic E-state index is 12.0. The molecule has 0 aromatic heterocycles. The van der Waals surface area contributed by atoms with E-state index in [1.165, 1.54) is 19.3 Å². The monoisotopic (exact) mass is 268 g/mol. The summed E-state index contributed by atoms with van der Waals surface area (Å²) < 4.78 is 0. The highest BCUT2D eigenvalue weighted by Gasteiger charge is 2.52. The smallest absolute Gasteiger partial charge is 0.224 e. The molecule has 0 unspecified atom stereocenters. The molecule has 0 heterocycles. The van der Waals surface area contributed by atoms with E-state index in [-0.39, 0.29) is 17.7 Å². The van der Waals surface area contributed by atoms with Crippen molar-refractivity contribution in [2.75, 3.05) is 7.05 Å². The molecule has 0 saturated heterocycles. The van der Waals surface area contributed by atoms with Gasteiger partial charge in [0.25, 0.3) is 0 Å². The minimum Gasteiger partial charge on any atom is -0.369 e. The third-order valence-corrected chi connectivity index (χ3v) is 4.76. The summed E-state index contributed by atoms with van der Waals surface area (Å²) in [5, 5.41) is 2.70. The Morgan fingerprint density at radius 3 is 2.11 bits per heavy atom. The molecule has 2 fully saturated rings. The van der Waals surface area contributed by atoms with Crippen LogP contribution in [0.2, 0.25) is 0 Å². The SMILES string of the molecule is CC.CNC(=O)[C@H](CC1CCC1)C1(C(N)=O)CCC1. The quantitative estimate of drug-likeness (QED) is 0.802. The molecule has 0 aromatic carbocycles. The summed E-state index contributed by atoms with van der Waals surface area (Å²) in [7, 11) is 1.64. The van der Waals surface area contributed by atoms with Gasteiger partial charge in [0.1, 0.15) is 0 Å². The molecule has 0 aliphatic heterocycles. The Labute approximate surface area is 116 Å². The number of nitrogens with one attached hydrogen (secondary N) is 1. The minimum atomic E-state index is -0.546. The summed E-state index contributed by atoms with van der Waals surface area (Å²) in [4.78, 5) is 23.7. The first-order valence-electron chi connectivity index (χ1n) is 7.61. The lowest BCUT2D eigenvalue weighted by molar-refractivity contribution is -0.148. The van der Waals surface area contributed by atoms with E-state index >= 15 is 0 Å². The van der Waals surface area contributed by atoms with Crippen LogP contribution in [0.25, 0.3) is 0 Å². The molecular weight excluding hydrogens is 240 g/mol. The summed E-state index contributed by atoms with van der Waals surface area (Å²) in [6.07, 6.45) is 7.07. The lowest BCUT2D eigenvalue weighted by atomic mass is 9.57. The Morgan fingerprint density at radius 1 is 1.26 bits per heavy atom. The van der Waals surface area contributed by atoms with E-state index in [9.17, 15) is 9.59 Å². The second-order valence-corrected chi connectivity index (χ2v) is 5.57. The molecule has 2 amide bonds. The molecule has 0 spiro atoms. The predicted molar refractivity (Wildman–Crippen MR) is 76.3 cm³/mol. The first kappa shape index (κ1) is 16.0. The summed E-state index contributed by atoms with van der Waals surface area (Å²) in [6, 6.07) is 0. The lowest BCUT2D eigenvalue weighted by Gasteiger charge is -2.46. The van der Waals surface area contributed by atoms with Crippen molar-refractivity contribution in [2.45, 2.75) is 58.8 Å². The van der Waals surface area contributed by atoms with Gasteiger partial charge in [-0.3, -0.25) is 9.59 Å². The van der Waals surface area contributed by atoms with E-state index < -0.39 is 5.41 Å². The molecule has 110 valence electrons. The fourth-order valence-corrected chi connectivity index (χ4v) is 3.14. The number of hydrogen-bond acceptors (Lipinski definition) is 2. The first-order chi connectivity index (χ1) is 9.10. The molecular formula is C15H28N2O2. The fraction of sp³-hybridized carbons (Fsp3) is 0.867. The van der Waals surface area contributed by atoms with Gasteiger partial charge in [-0.25, -0.2) is 0 Å². The Morgan fingerprint density at radius 2 is 1.84 bits per heavy atom. The Hall–Kier alpha value is -1.06. The molecule has 1 atom stereocenters. The summed E-state index contributed by atoms with van der Waals surface area (Å²) in [5.74, 6) is 0.130. The maximum absolute atomic E-state index is 12.0. The molecule has 3 N–H and O–H groups in total. The van der Waals surface area contributed by atoms with Crippen molar-refractivity contribution >= 4 is 11.8 Å². The van der Waals surface area contributed by atoms with Crippen LogP contribution in [0.4, 0.5) is 0 Å². The van der Waals surface area contributed by atoms with Crippen molar-refractivity contribution in [3.8, 4) is 0 Å². The summed E-state index contributed by atoms with van der Waals surface area (Å²) in [6.45, 7) is 4.00. The molecule has 0 radical (unpaired) electrons. The molecule has 0 bridgehead atoms. The molecule has 4 heteroatoms. The van der Waals surface area contributed by atoms with Gasteiger partial charge in [-0.2, -0.15) is 0 Å². The fourth-order valence-electron chi connectivity index (χ4n) is 3.14. The van der Waals surface area contributed by atoms with Gasteiger partial charge >= 0.3 is 0 Å². The van der Waals surface area contributed by atoms with Crippen molar-refractivity contribution in [3.63, 3.8) is 0 Å². The van der Waals surface area contributed by atoms with Gasteiger partial charge in [0.05, 0.1) is 11.3 Å². The van der Waals surface area contributed by atoms with Gasteiger partial charge in [-0.15, -0.1) is 0 Å². The van der Waals surface area contributed by atoms with Crippen LogP contribution >= 0.6 is 0 Å². The van der Waals surface area contributed by atoms with E-state index in [4.69, 9.17) is 5.73 Å². The van der Waals surface area contributed by atoms with Crippen molar-refractivity contribution in [1.82, 2.24) is 5.32 Å². The molecule has 2 saturated carbocycles. The molecule has 19 heavy (non-hydrogen) atoms. The second-order valence-electron chi connectivity index (χ2n) is 5.57. The van der Waals surface area contributed by atoms with Crippen LogP contribution in [0.3, 0.4) is 0 Å². The number of carbonyl (C=O) groups excluding carboxylic acids is 2. The number of carbonyl (C=O) groups is 2. The van der Waals surface area contributed by atoms with Gasteiger partial charge in [0.15, 0.2) is 0 Å². The van der Waals surface area contributed by atoms with Crippen molar-refractivity contribution < 1.29 is 9.59 Å². The first-order valence-corrected chi connectivity index (χ1v) is 7.61. The second kappa shape index (κ2) is 6.92. The Kier molecular flexibility index (Phi) is 5.83. The minimum absolute atomic E-state index is 0.00426. The van der Waals surface area contributed by atoms with Gasteiger partial charge in [-0.05, 0) is 25.2 Å². The van der Waals surface area contributed by atoms with Crippen LogP contribution in [-0.4, -0.2) is 18.9 Å². The van der Waals surface area contributed by atoms with Gasteiger partial charge in [0, 0.05) is 7.05 Å². The zero-order valence-corrected chi connectivity index (χ0v) is 12.5. The maximum Gasteiger partial charge on any atom is 0.224 e. The molecule has 2 rings (SSSR count). The third-order valence-electron chi connectivity index (χ3n) is 4.76. The zero-order chi connectivity index (χ0) is 14.5. The summed E-state index contributed by atoms with van der Waals surface area (Å²) >= 11 is 0. The van der Waals surface area contributed by atoms with Crippen LogP contribution < -0.4 is 11.1 Å². The molecule has 4 nitrogen and oxygen atoms in total. The van der Waals surface area contributed by atoms with E-state index in [1.54, 1.807) is 7.05 Å². The van der Waals surface area contributed by atoms with E-state index in [0.717, 1.165) is 25.7 Å². The lowest BCUT2D eigenvalue weighted by Crippen LogP contribution is -2.53. The van der Waals surface area contributed by atoms with E-state index in [1.807, 2.05) is 13.8 Å². The zero-order valence-electron chi connectivity index (χ0n) is 12.5. The number of primary amides is 1. The molecule has 2 aliphatic rings. The number of rotatable bonds is 5. The van der Waals surface area contributed by atoms with Gasteiger partial charge < -0.3 is 11.1 Å². The van der Waals surface area contributed by atoms with Crippen molar-refractivity contribution in [1.29, 1.82) is 0 Å². The topological polar surface area (TPSA) is 72.2 Å².